The molecular formula is C19H15NO3. The molecule has 0 bridgehead atoms. The van der Waals surface area contributed by atoms with Gasteiger partial charge in [0.05, 0.1) is 11.3 Å². The van der Waals surface area contributed by atoms with Crippen molar-refractivity contribution in [2.24, 2.45) is 0 Å². The van der Waals surface area contributed by atoms with Gasteiger partial charge >= 0.3 is 5.97 Å². The SMILES string of the molecule is O=C(OC1CCC(=O)c2c1[nH]c1ccccc21)c1ccccc1. The summed E-state index contributed by atoms with van der Waals surface area (Å²) in [6, 6.07) is 16.6. The van der Waals surface area contributed by atoms with Crippen LogP contribution >= 0.6 is 0 Å². The number of benzene rings is 2. The topological polar surface area (TPSA) is 59.2 Å². The van der Waals surface area contributed by atoms with Gasteiger partial charge in [-0.3, -0.25) is 4.79 Å². The molecule has 114 valence electrons. The van der Waals surface area contributed by atoms with Crippen LogP contribution in [0.5, 0.6) is 0 Å². The van der Waals surface area contributed by atoms with Gasteiger partial charge in [-0.2, -0.15) is 0 Å². The number of ether oxygens (including phenoxy) is 1. The summed E-state index contributed by atoms with van der Waals surface area (Å²) in [7, 11) is 0. The number of fused-ring (bicyclic) bond motifs is 3. The molecule has 1 aromatic heterocycles. The van der Waals surface area contributed by atoms with Gasteiger partial charge in [-0.1, -0.05) is 36.4 Å². The zero-order chi connectivity index (χ0) is 15.8. The Labute approximate surface area is 133 Å². The summed E-state index contributed by atoms with van der Waals surface area (Å²) in [5.41, 5.74) is 2.79. The molecule has 0 aliphatic heterocycles. The summed E-state index contributed by atoms with van der Waals surface area (Å²) in [4.78, 5) is 27.9. The first-order valence-electron chi connectivity index (χ1n) is 7.64. The average Bonchev–Trinajstić information content (AvgIpc) is 2.98. The van der Waals surface area contributed by atoms with Gasteiger partial charge in [0.15, 0.2) is 5.78 Å². The number of nitrogens with one attached hydrogen (secondary N) is 1. The van der Waals surface area contributed by atoms with Crippen molar-refractivity contribution in [2.75, 3.05) is 0 Å². The number of aromatic amines is 1. The second-order valence-corrected chi connectivity index (χ2v) is 5.68. The highest BCUT2D eigenvalue weighted by molar-refractivity contribution is 6.10. The minimum atomic E-state index is -0.414. The fourth-order valence-corrected chi connectivity index (χ4v) is 3.13. The van der Waals surface area contributed by atoms with E-state index in [1.54, 1.807) is 24.3 Å². The number of ketones is 1. The molecule has 1 aliphatic rings. The van der Waals surface area contributed by atoms with Crippen LogP contribution in [0.3, 0.4) is 0 Å². The van der Waals surface area contributed by atoms with Crippen LogP contribution in [-0.4, -0.2) is 16.7 Å². The van der Waals surface area contributed by atoms with Gasteiger partial charge in [0.2, 0.25) is 0 Å². The quantitative estimate of drug-likeness (QED) is 0.727. The Morgan fingerprint density at radius 3 is 2.61 bits per heavy atom. The molecule has 4 heteroatoms. The molecule has 0 fully saturated rings. The van der Waals surface area contributed by atoms with Crippen LogP contribution in [0.4, 0.5) is 0 Å². The summed E-state index contributed by atoms with van der Waals surface area (Å²) in [6.45, 7) is 0. The van der Waals surface area contributed by atoms with E-state index in [1.807, 2.05) is 30.3 Å². The number of H-pyrrole nitrogens is 1. The van der Waals surface area contributed by atoms with Gasteiger partial charge in [0.1, 0.15) is 6.10 Å². The Hall–Kier alpha value is -2.88. The van der Waals surface area contributed by atoms with Crippen LogP contribution in [0.1, 0.15) is 45.4 Å². The summed E-state index contributed by atoms with van der Waals surface area (Å²) < 4.78 is 5.66. The van der Waals surface area contributed by atoms with E-state index in [0.717, 1.165) is 10.9 Å². The maximum absolute atomic E-state index is 12.3. The normalized spacial score (nSPS) is 17.0. The number of aromatic nitrogens is 1. The molecule has 1 aliphatic carbocycles. The van der Waals surface area contributed by atoms with Crippen LogP contribution in [-0.2, 0) is 4.74 Å². The highest BCUT2D eigenvalue weighted by atomic mass is 16.5. The summed E-state index contributed by atoms with van der Waals surface area (Å²) in [5.74, 6) is -0.265. The largest absolute Gasteiger partial charge is 0.452 e. The van der Waals surface area contributed by atoms with Crippen molar-refractivity contribution in [3.8, 4) is 0 Å². The van der Waals surface area contributed by atoms with Crippen LogP contribution in [0, 0.1) is 0 Å². The Balaban J connectivity index is 1.71. The predicted molar refractivity (Wildman–Crippen MR) is 86.5 cm³/mol. The maximum atomic E-state index is 12.3. The third-order valence-electron chi connectivity index (χ3n) is 4.23. The molecule has 1 N–H and O–H groups in total. The lowest BCUT2D eigenvalue weighted by Crippen LogP contribution is -2.20. The summed E-state index contributed by atoms with van der Waals surface area (Å²) in [6.07, 6.45) is 0.488. The van der Waals surface area contributed by atoms with Crippen molar-refractivity contribution in [1.82, 2.24) is 4.98 Å². The number of esters is 1. The molecule has 0 saturated carbocycles. The molecular weight excluding hydrogens is 290 g/mol. The molecule has 2 aromatic carbocycles. The second-order valence-electron chi connectivity index (χ2n) is 5.68. The lowest BCUT2D eigenvalue weighted by molar-refractivity contribution is 0.0244. The number of carbonyl (C=O) groups excluding carboxylic acids is 2. The first kappa shape index (κ1) is 13.8. The molecule has 4 nitrogen and oxygen atoms in total. The molecule has 0 amide bonds. The molecule has 1 heterocycles. The number of carbonyl (C=O) groups is 2. The van der Waals surface area contributed by atoms with Crippen LogP contribution in [0.2, 0.25) is 0 Å². The lowest BCUT2D eigenvalue weighted by Gasteiger charge is -2.22. The highest BCUT2D eigenvalue weighted by Crippen LogP contribution is 2.37. The zero-order valence-corrected chi connectivity index (χ0v) is 12.4. The van der Waals surface area contributed by atoms with Crippen molar-refractivity contribution >= 4 is 22.7 Å². The first-order valence-corrected chi connectivity index (χ1v) is 7.64. The van der Waals surface area contributed by atoms with Gasteiger partial charge in [-0.25, -0.2) is 4.79 Å². The fourth-order valence-electron chi connectivity index (χ4n) is 3.13. The first-order chi connectivity index (χ1) is 11.2. The second kappa shape index (κ2) is 5.39. The number of hydrogen-bond donors (Lipinski definition) is 1. The number of rotatable bonds is 2. The average molecular weight is 305 g/mol. The van der Waals surface area contributed by atoms with E-state index in [2.05, 4.69) is 4.98 Å². The summed E-state index contributed by atoms with van der Waals surface area (Å²) >= 11 is 0. The number of hydrogen-bond acceptors (Lipinski definition) is 3. The minimum Gasteiger partial charge on any atom is -0.452 e. The van der Waals surface area contributed by atoms with E-state index in [4.69, 9.17) is 4.74 Å². The Morgan fingerprint density at radius 1 is 1.04 bits per heavy atom. The van der Waals surface area contributed by atoms with Gasteiger partial charge in [0, 0.05) is 22.9 Å². The van der Waals surface area contributed by atoms with Gasteiger partial charge in [-0.15, -0.1) is 0 Å². The number of para-hydroxylation sites is 1. The molecule has 3 aromatic rings. The maximum Gasteiger partial charge on any atom is 0.338 e. The van der Waals surface area contributed by atoms with E-state index < -0.39 is 6.10 Å². The fraction of sp³-hybridized carbons (Fsp3) is 0.158. The molecule has 1 atom stereocenters. The van der Waals surface area contributed by atoms with E-state index in [9.17, 15) is 9.59 Å². The lowest BCUT2D eigenvalue weighted by atomic mass is 9.92. The van der Waals surface area contributed by atoms with Crippen molar-refractivity contribution in [1.29, 1.82) is 0 Å². The zero-order valence-electron chi connectivity index (χ0n) is 12.4. The molecule has 0 saturated heterocycles. The van der Waals surface area contributed by atoms with Crippen LogP contribution in [0.25, 0.3) is 10.9 Å². The molecule has 0 radical (unpaired) electrons. The Kier molecular flexibility index (Phi) is 3.23. The van der Waals surface area contributed by atoms with E-state index >= 15 is 0 Å². The molecule has 23 heavy (non-hydrogen) atoms. The van der Waals surface area contributed by atoms with Crippen molar-refractivity contribution in [3.05, 3.63) is 71.4 Å². The molecule has 0 spiro atoms. The minimum absolute atomic E-state index is 0.101. The summed E-state index contributed by atoms with van der Waals surface area (Å²) in [5, 5.41) is 0.896. The van der Waals surface area contributed by atoms with Crippen molar-refractivity contribution in [2.45, 2.75) is 18.9 Å². The standard InChI is InChI=1S/C19H15NO3/c21-15-10-11-16(23-19(22)12-6-2-1-3-7-12)18-17(15)13-8-4-5-9-14(13)20-18/h1-9,16,20H,10-11H2. The number of Topliss-reactive ketones (excluding diaryl/α,β-unsaturated/α-hetero) is 1. The van der Waals surface area contributed by atoms with Crippen molar-refractivity contribution < 1.29 is 14.3 Å². The molecule has 4 rings (SSSR count). The monoisotopic (exact) mass is 305 g/mol. The van der Waals surface area contributed by atoms with Gasteiger partial charge in [0.25, 0.3) is 0 Å². The Bertz CT molecular complexity index is 895. The van der Waals surface area contributed by atoms with Crippen LogP contribution < -0.4 is 0 Å². The predicted octanol–water partition coefficient (Wildman–Crippen LogP) is 4.04. The Morgan fingerprint density at radius 2 is 1.78 bits per heavy atom. The van der Waals surface area contributed by atoms with Gasteiger partial charge in [-0.05, 0) is 24.6 Å². The van der Waals surface area contributed by atoms with Crippen LogP contribution in [0.15, 0.2) is 54.6 Å². The highest BCUT2D eigenvalue weighted by Gasteiger charge is 2.32. The van der Waals surface area contributed by atoms with Gasteiger partial charge < -0.3 is 9.72 Å². The van der Waals surface area contributed by atoms with E-state index in [1.165, 1.54) is 0 Å². The smallest absolute Gasteiger partial charge is 0.338 e. The molecule has 1 unspecified atom stereocenters. The van der Waals surface area contributed by atoms with E-state index in [0.29, 0.717) is 29.7 Å². The van der Waals surface area contributed by atoms with Crippen molar-refractivity contribution in [3.63, 3.8) is 0 Å². The third-order valence-corrected chi connectivity index (χ3v) is 4.23. The third kappa shape index (κ3) is 2.32. The van der Waals surface area contributed by atoms with E-state index in [-0.39, 0.29) is 11.8 Å².